The van der Waals surface area contributed by atoms with E-state index in [1.54, 1.807) is 18.2 Å². The molecule has 0 fully saturated rings. The highest BCUT2D eigenvalue weighted by Crippen LogP contribution is 2.30. The van der Waals surface area contributed by atoms with Crippen LogP contribution in [-0.4, -0.2) is 44.3 Å². The number of methoxy groups -OCH3 is 2. The average Bonchev–Trinajstić information content (AvgIpc) is 3.06. The first-order valence-corrected chi connectivity index (χ1v) is 9.60. The lowest BCUT2D eigenvalue weighted by molar-refractivity contribution is 0.358. The maximum atomic E-state index is 12.8. The molecule has 2 N–H and O–H groups in total. The number of aromatic amines is 1. The van der Waals surface area contributed by atoms with E-state index in [-0.39, 0.29) is 29.0 Å². The maximum absolute atomic E-state index is 12.8. The molecule has 0 aliphatic rings. The molecule has 8 nitrogen and oxygen atoms in total. The van der Waals surface area contributed by atoms with E-state index >= 15 is 0 Å². The van der Waals surface area contributed by atoms with Crippen LogP contribution in [0.2, 0.25) is 5.02 Å². The number of nitrogens with zero attached hydrogens (tertiary/aromatic N) is 2. The lowest BCUT2D eigenvalue weighted by atomic mass is 10.2. The minimum Gasteiger partial charge on any atom is -0.481 e. The number of anilines is 1. The van der Waals surface area contributed by atoms with Crippen LogP contribution in [0.4, 0.5) is 10.3 Å². The number of hydrogen-bond donors (Lipinski definition) is 2. The first kappa shape index (κ1) is 19.2. The van der Waals surface area contributed by atoms with Gasteiger partial charge in [0.15, 0.2) is 0 Å². The maximum Gasteiger partial charge on any atom is 0.266 e. The largest absolute Gasteiger partial charge is 0.481 e. The molecule has 0 aliphatic heterocycles. The quantitative estimate of drug-likeness (QED) is 0.615. The second-order valence-electron chi connectivity index (χ2n) is 5.43. The van der Waals surface area contributed by atoms with Crippen LogP contribution < -0.4 is 14.2 Å². The molecule has 0 spiro atoms. The summed E-state index contributed by atoms with van der Waals surface area (Å²) in [5.74, 6) is -0.194. The summed E-state index contributed by atoms with van der Waals surface area (Å²) in [7, 11) is -1.34. The van der Waals surface area contributed by atoms with E-state index in [0.29, 0.717) is 21.5 Å². The number of sulfonamides is 1. The van der Waals surface area contributed by atoms with Crippen LogP contribution in [0, 0.1) is 0 Å². The highest BCUT2D eigenvalue weighted by molar-refractivity contribution is 7.93. The van der Waals surface area contributed by atoms with Gasteiger partial charge in [0.2, 0.25) is 17.7 Å². The number of fused-ring (bicyclic) bond motifs is 1. The molecule has 2 heterocycles. The zero-order valence-electron chi connectivity index (χ0n) is 14.4. The third kappa shape index (κ3) is 3.76. The smallest absolute Gasteiger partial charge is 0.266 e. The monoisotopic (exact) mass is 414 g/mol. The highest BCUT2D eigenvalue weighted by Gasteiger charge is 2.23. The van der Waals surface area contributed by atoms with E-state index in [9.17, 15) is 12.8 Å². The fourth-order valence-electron chi connectivity index (χ4n) is 2.60. The Bertz CT molecular complexity index is 1060. The van der Waals surface area contributed by atoms with Crippen molar-refractivity contribution in [3.8, 4) is 11.8 Å². The molecule has 11 heteroatoms. The zero-order valence-corrected chi connectivity index (χ0v) is 16.0. The van der Waals surface area contributed by atoms with Crippen LogP contribution >= 0.6 is 11.6 Å². The Labute approximate surface area is 159 Å². The number of ether oxygens (including phenoxy) is 2. The summed E-state index contributed by atoms with van der Waals surface area (Å²) in [4.78, 5) is 10.9. The second-order valence-corrected chi connectivity index (χ2v) is 7.52. The van der Waals surface area contributed by atoms with Gasteiger partial charge in [-0.25, -0.2) is 13.1 Å². The van der Waals surface area contributed by atoms with Gasteiger partial charge in [0, 0.05) is 28.5 Å². The Morgan fingerprint density at radius 1 is 1.22 bits per heavy atom. The third-order valence-electron chi connectivity index (χ3n) is 3.78. The number of alkyl halides is 1. The van der Waals surface area contributed by atoms with Gasteiger partial charge in [-0.3, -0.25) is 4.39 Å². The molecular formula is C16H16ClFN4O4S. The molecule has 0 saturated carbocycles. The Morgan fingerprint density at radius 3 is 2.48 bits per heavy atom. The molecule has 3 aromatic rings. The van der Waals surface area contributed by atoms with E-state index in [1.807, 2.05) is 0 Å². The number of benzene rings is 1. The normalized spacial score (nSPS) is 11.6. The van der Waals surface area contributed by atoms with Crippen molar-refractivity contribution in [1.29, 1.82) is 0 Å². The van der Waals surface area contributed by atoms with Crippen LogP contribution in [0.15, 0.2) is 29.3 Å². The molecule has 0 atom stereocenters. The molecule has 0 saturated heterocycles. The van der Waals surface area contributed by atoms with Gasteiger partial charge in [-0.1, -0.05) is 11.6 Å². The summed E-state index contributed by atoms with van der Waals surface area (Å²) in [5, 5.41) is 0.933. The van der Waals surface area contributed by atoms with Gasteiger partial charge in [0.1, 0.15) is 4.90 Å². The summed E-state index contributed by atoms with van der Waals surface area (Å²) in [6, 6.07) is 4.80. The minimum absolute atomic E-state index is 0.00327. The van der Waals surface area contributed by atoms with Crippen molar-refractivity contribution in [2.24, 2.45) is 0 Å². The first-order chi connectivity index (χ1) is 12.9. The van der Waals surface area contributed by atoms with Crippen molar-refractivity contribution < 1.29 is 22.3 Å². The van der Waals surface area contributed by atoms with E-state index in [0.717, 1.165) is 0 Å². The van der Waals surface area contributed by atoms with Crippen LogP contribution in [0.5, 0.6) is 11.8 Å². The Hall–Kier alpha value is -2.59. The molecule has 0 unspecified atom stereocenters. The molecule has 0 amide bonds. The van der Waals surface area contributed by atoms with Gasteiger partial charge in [-0.2, -0.15) is 9.97 Å². The Morgan fingerprint density at radius 2 is 1.89 bits per heavy atom. The Balaban J connectivity index is 2.02. The van der Waals surface area contributed by atoms with Crippen molar-refractivity contribution in [3.05, 3.63) is 35.0 Å². The number of H-pyrrole nitrogens is 1. The minimum atomic E-state index is -4.02. The van der Waals surface area contributed by atoms with Gasteiger partial charge in [0.25, 0.3) is 10.0 Å². The summed E-state index contributed by atoms with van der Waals surface area (Å²) in [6.45, 7) is -0.668. The molecular weight excluding hydrogens is 399 g/mol. The van der Waals surface area contributed by atoms with Crippen molar-refractivity contribution >= 4 is 38.5 Å². The summed E-state index contributed by atoms with van der Waals surface area (Å²) in [5.41, 5.74) is 0.879. The van der Waals surface area contributed by atoms with E-state index in [4.69, 9.17) is 21.1 Å². The van der Waals surface area contributed by atoms with Crippen LogP contribution in [-0.2, 0) is 16.4 Å². The lowest BCUT2D eigenvalue weighted by Crippen LogP contribution is -2.16. The SMILES string of the molecule is COc1nc(NS(=O)(=O)c2c[nH]c3cc(Cl)ccc23)nc(OC)c1CCF. The number of nitrogens with one attached hydrogen (secondary N) is 2. The van der Waals surface area contributed by atoms with Crippen LogP contribution in [0.25, 0.3) is 10.9 Å². The predicted octanol–water partition coefficient (Wildman–Crippen LogP) is 2.94. The van der Waals surface area contributed by atoms with Crippen LogP contribution in [0.1, 0.15) is 5.56 Å². The number of rotatable bonds is 7. The van der Waals surface area contributed by atoms with Gasteiger partial charge >= 0.3 is 0 Å². The Kier molecular flexibility index (Phi) is 5.38. The molecule has 144 valence electrons. The fraction of sp³-hybridized carbons (Fsp3) is 0.250. The van der Waals surface area contributed by atoms with E-state index in [2.05, 4.69) is 19.7 Å². The molecule has 0 aliphatic carbocycles. The standard InChI is InChI=1S/C16H16ClFN4O4S/c1-25-14-11(5-6-18)15(26-2)21-16(20-14)22-27(23,24)13-8-19-12-7-9(17)3-4-10(12)13/h3-4,7-8,19H,5-6H2,1-2H3,(H,20,21,22). The van der Waals surface area contributed by atoms with E-state index in [1.165, 1.54) is 20.4 Å². The number of aromatic nitrogens is 3. The summed E-state index contributed by atoms with van der Waals surface area (Å²) in [6.07, 6.45) is 1.32. The van der Waals surface area contributed by atoms with Gasteiger partial charge in [-0.15, -0.1) is 0 Å². The van der Waals surface area contributed by atoms with Crippen molar-refractivity contribution in [1.82, 2.24) is 15.0 Å². The van der Waals surface area contributed by atoms with Gasteiger partial charge < -0.3 is 14.5 Å². The third-order valence-corrected chi connectivity index (χ3v) is 5.39. The fourth-order valence-corrected chi connectivity index (χ4v) is 3.90. The van der Waals surface area contributed by atoms with Crippen LogP contribution in [0.3, 0.4) is 0 Å². The lowest BCUT2D eigenvalue weighted by Gasteiger charge is -2.13. The van der Waals surface area contributed by atoms with Crippen molar-refractivity contribution in [2.45, 2.75) is 11.3 Å². The summed E-state index contributed by atoms with van der Waals surface area (Å²) >= 11 is 5.92. The zero-order chi connectivity index (χ0) is 19.6. The molecule has 2 aromatic heterocycles. The van der Waals surface area contributed by atoms with Crippen molar-refractivity contribution in [3.63, 3.8) is 0 Å². The molecule has 0 bridgehead atoms. The van der Waals surface area contributed by atoms with Gasteiger partial charge in [0.05, 0.1) is 26.5 Å². The highest BCUT2D eigenvalue weighted by atomic mass is 35.5. The van der Waals surface area contributed by atoms with Gasteiger partial charge in [-0.05, 0) is 18.2 Å². The second kappa shape index (κ2) is 7.57. The number of hydrogen-bond acceptors (Lipinski definition) is 6. The molecule has 3 rings (SSSR count). The number of halogens is 2. The van der Waals surface area contributed by atoms with Crippen molar-refractivity contribution in [2.75, 3.05) is 25.6 Å². The average molecular weight is 415 g/mol. The first-order valence-electron chi connectivity index (χ1n) is 7.74. The molecule has 27 heavy (non-hydrogen) atoms. The predicted molar refractivity (Wildman–Crippen MR) is 98.9 cm³/mol. The van der Waals surface area contributed by atoms with E-state index < -0.39 is 16.7 Å². The topological polar surface area (TPSA) is 106 Å². The summed E-state index contributed by atoms with van der Waals surface area (Å²) < 4.78 is 50.8. The molecule has 1 aromatic carbocycles. The molecule has 0 radical (unpaired) electrons.